The van der Waals surface area contributed by atoms with E-state index in [1.165, 1.54) is 44.0 Å². The van der Waals surface area contributed by atoms with Crippen molar-refractivity contribution in [2.75, 3.05) is 4.90 Å². The van der Waals surface area contributed by atoms with Gasteiger partial charge < -0.3 is 13.9 Å². The van der Waals surface area contributed by atoms with Crippen molar-refractivity contribution in [3.8, 4) is 39.1 Å². The maximum absolute atomic E-state index is 7.12. The summed E-state index contributed by atoms with van der Waals surface area (Å²) in [6.07, 6.45) is 0. The second-order valence-corrected chi connectivity index (χ2v) is 17.6. The first-order valence-electron chi connectivity index (χ1n) is 22.2. The Hall–Kier alpha value is -8.14. The summed E-state index contributed by atoms with van der Waals surface area (Å²) in [4.78, 5) is 2.50. The summed E-state index contributed by atoms with van der Waals surface area (Å²) in [5.41, 5.74) is 18.0. The summed E-state index contributed by atoms with van der Waals surface area (Å²) in [7, 11) is 0. The van der Waals surface area contributed by atoms with E-state index >= 15 is 0 Å². The third-order valence-corrected chi connectivity index (χ3v) is 13.8. The molecule has 3 heteroatoms. The molecule has 0 aliphatic heterocycles. The zero-order chi connectivity index (χ0) is 42.5. The highest BCUT2D eigenvalue weighted by molar-refractivity contribution is 6.16. The van der Waals surface area contributed by atoms with Gasteiger partial charge in [0.05, 0.1) is 39.3 Å². The monoisotopic (exact) mass is 818 g/mol. The molecular weight excluding hydrogens is 777 g/mol. The molecule has 0 atom stereocenters. The Kier molecular flexibility index (Phi) is 7.95. The van der Waals surface area contributed by atoms with E-state index < -0.39 is 0 Å². The fourth-order valence-electron chi connectivity index (χ4n) is 10.9. The molecule has 0 saturated heterocycles. The van der Waals surface area contributed by atoms with Crippen molar-refractivity contribution in [2.24, 2.45) is 0 Å². The molecule has 2 aromatic heterocycles. The summed E-state index contributed by atoms with van der Waals surface area (Å²) in [6.45, 7) is 4.72. The fourth-order valence-corrected chi connectivity index (χ4v) is 10.9. The van der Waals surface area contributed by atoms with Crippen molar-refractivity contribution in [2.45, 2.75) is 19.3 Å². The molecular formula is C61H42N2O. The van der Waals surface area contributed by atoms with Gasteiger partial charge in [0.15, 0.2) is 0 Å². The highest BCUT2D eigenvalue weighted by Crippen LogP contribution is 2.53. The molecule has 0 fully saturated rings. The van der Waals surface area contributed by atoms with Crippen LogP contribution < -0.4 is 4.90 Å². The van der Waals surface area contributed by atoms with Gasteiger partial charge in [-0.05, 0) is 87.8 Å². The van der Waals surface area contributed by atoms with Crippen LogP contribution in [0.1, 0.15) is 25.0 Å². The van der Waals surface area contributed by atoms with Gasteiger partial charge in [0, 0.05) is 43.5 Å². The van der Waals surface area contributed by atoms with Crippen LogP contribution in [0.3, 0.4) is 0 Å². The first kappa shape index (κ1) is 36.5. The van der Waals surface area contributed by atoms with Crippen molar-refractivity contribution in [3.63, 3.8) is 0 Å². The number of aromatic nitrogens is 1. The quantitative estimate of drug-likeness (QED) is 0.167. The largest absolute Gasteiger partial charge is 0.455 e. The number of hydrogen-bond acceptors (Lipinski definition) is 2. The molecule has 64 heavy (non-hydrogen) atoms. The number of furan rings is 1. The molecule has 1 aliphatic carbocycles. The summed E-state index contributed by atoms with van der Waals surface area (Å²) in [5.74, 6) is 0. The summed E-state index contributed by atoms with van der Waals surface area (Å²) >= 11 is 0. The average Bonchev–Trinajstić information content (AvgIpc) is 3.97. The zero-order valence-corrected chi connectivity index (χ0v) is 35.6. The van der Waals surface area contributed by atoms with E-state index in [1.54, 1.807) is 0 Å². The van der Waals surface area contributed by atoms with Crippen LogP contribution in [-0.2, 0) is 5.41 Å². The van der Waals surface area contributed by atoms with Crippen LogP contribution in [0.2, 0.25) is 0 Å². The molecule has 10 aromatic carbocycles. The maximum Gasteiger partial charge on any atom is 0.145 e. The van der Waals surface area contributed by atoms with E-state index in [-0.39, 0.29) is 5.41 Å². The Bertz CT molecular complexity index is 3790. The number of para-hydroxylation sites is 5. The van der Waals surface area contributed by atoms with Gasteiger partial charge in [0.25, 0.3) is 0 Å². The number of anilines is 3. The molecule has 0 saturated carbocycles. The highest BCUT2D eigenvalue weighted by atomic mass is 16.3. The Balaban J connectivity index is 1.14. The van der Waals surface area contributed by atoms with Crippen molar-refractivity contribution in [3.05, 3.63) is 230 Å². The third kappa shape index (κ3) is 5.28. The van der Waals surface area contributed by atoms with Crippen molar-refractivity contribution >= 4 is 71.6 Å². The van der Waals surface area contributed by atoms with E-state index in [9.17, 15) is 0 Å². The molecule has 0 radical (unpaired) electrons. The number of nitrogens with zero attached hydrogens (tertiary/aromatic N) is 2. The molecule has 1 aliphatic rings. The van der Waals surface area contributed by atoms with E-state index in [0.29, 0.717) is 0 Å². The van der Waals surface area contributed by atoms with Crippen molar-refractivity contribution in [1.29, 1.82) is 0 Å². The van der Waals surface area contributed by atoms with E-state index in [0.717, 1.165) is 77.8 Å². The average molecular weight is 819 g/mol. The third-order valence-electron chi connectivity index (χ3n) is 13.8. The lowest BCUT2D eigenvalue weighted by Crippen LogP contribution is -2.15. The predicted molar refractivity (Wildman–Crippen MR) is 269 cm³/mol. The Labute approximate surface area is 371 Å². The van der Waals surface area contributed by atoms with Crippen LogP contribution in [-0.4, -0.2) is 4.57 Å². The van der Waals surface area contributed by atoms with E-state index in [2.05, 4.69) is 242 Å². The van der Waals surface area contributed by atoms with Gasteiger partial charge in [-0.25, -0.2) is 0 Å². The second-order valence-electron chi connectivity index (χ2n) is 17.6. The van der Waals surface area contributed by atoms with Gasteiger partial charge in [0.2, 0.25) is 0 Å². The minimum Gasteiger partial charge on any atom is -0.455 e. The van der Waals surface area contributed by atoms with Crippen LogP contribution in [0, 0.1) is 0 Å². The Morgan fingerprint density at radius 1 is 0.406 bits per heavy atom. The van der Waals surface area contributed by atoms with E-state index in [4.69, 9.17) is 4.42 Å². The molecule has 0 N–H and O–H groups in total. The smallest absolute Gasteiger partial charge is 0.145 e. The SMILES string of the molecule is CC1(C)c2ccccc2-c2ccc(-c3ccccc3N(c3ccc4c(oc5ccccc54)c3-c3ccccc3-n3c4ccccc4c4ccccc43)c3cccc4ccccc34)cc21. The van der Waals surface area contributed by atoms with Crippen molar-refractivity contribution in [1.82, 2.24) is 4.57 Å². The number of rotatable bonds is 6. The molecule has 12 aromatic rings. The van der Waals surface area contributed by atoms with Gasteiger partial charge in [0.1, 0.15) is 11.2 Å². The molecule has 3 nitrogen and oxygen atoms in total. The van der Waals surface area contributed by atoms with Crippen LogP contribution in [0.25, 0.3) is 93.6 Å². The van der Waals surface area contributed by atoms with Crippen LogP contribution >= 0.6 is 0 Å². The van der Waals surface area contributed by atoms with Gasteiger partial charge in [-0.1, -0.05) is 178 Å². The van der Waals surface area contributed by atoms with Crippen LogP contribution in [0.5, 0.6) is 0 Å². The lowest BCUT2D eigenvalue weighted by molar-refractivity contribution is 0.660. The topological polar surface area (TPSA) is 21.3 Å². The van der Waals surface area contributed by atoms with Gasteiger partial charge in [-0.15, -0.1) is 0 Å². The summed E-state index contributed by atoms with van der Waals surface area (Å²) < 4.78 is 9.55. The minimum atomic E-state index is -0.137. The summed E-state index contributed by atoms with van der Waals surface area (Å²) in [6, 6.07) is 79.7. The zero-order valence-electron chi connectivity index (χ0n) is 35.6. The normalized spacial score (nSPS) is 13.0. The fraction of sp³-hybridized carbons (Fsp3) is 0.0492. The van der Waals surface area contributed by atoms with Crippen LogP contribution in [0.15, 0.2) is 223 Å². The van der Waals surface area contributed by atoms with Gasteiger partial charge in [-0.3, -0.25) is 0 Å². The molecule has 302 valence electrons. The number of hydrogen-bond donors (Lipinski definition) is 0. The molecule has 0 spiro atoms. The molecule has 0 amide bonds. The Morgan fingerprint density at radius 2 is 1.00 bits per heavy atom. The van der Waals surface area contributed by atoms with Crippen molar-refractivity contribution < 1.29 is 4.42 Å². The lowest BCUT2D eigenvalue weighted by Gasteiger charge is -2.31. The van der Waals surface area contributed by atoms with Crippen LogP contribution in [0.4, 0.5) is 17.1 Å². The molecule has 2 heterocycles. The number of fused-ring (bicyclic) bond motifs is 10. The molecule has 0 unspecified atom stereocenters. The maximum atomic E-state index is 7.12. The summed E-state index contributed by atoms with van der Waals surface area (Å²) in [5, 5.41) is 6.97. The first-order valence-corrected chi connectivity index (χ1v) is 22.2. The predicted octanol–water partition coefficient (Wildman–Crippen LogP) is 16.9. The molecule has 0 bridgehead atoms. The molecule has 13 rings (SSSR count). The minimum absolute atomic E-state index is 0.137. The standard InChI is InChI=1S/C61H42N2O/c1-61(2)50-27-11-5-22-43(50)44-35-34-40(38-51(44)61)42-21-6-12-28-52(42)63(53-32-17-19-39-18-3-4-20-41(39)53)57-37-36-48-47-25-10-16-33-58(47)64-60(48)59(57)49-26-9-15-31-56(49)62-54-29-13-7-23-45(54)46-24-8-14-30-55(46)62/h3-38H,1-2H3. The Morgan fingerprint density at radius 3 is 1.81 bits per heavy atom. The lowest BCUT2D eigenvalue weighted by atomic mass is 9.81. The van der Waals surface area contributed by atoms with Gasteiger partial charge >= 0.3 is 0 Å². The van der Waals surface area contributed by atoms with Gasteiger partial charge in [-0.2, -0.15) is 0 Å². The first-order chi connectivity index (χ1) is 31.5. The van der Waals surface area contributed by atoms with E-state index in [1.807, 2.05) is 0 Å². The second kappa shape index (κ2) is 13.9. The number of benzene rings is 10. The highest BCUT2D eigenvalue weighted by Gasteiger charge is 2.36.